The van der Waals surface area contributed by atoms with Crippen LogP contribution in [-0.4, -0.2) is 66.4 Å². The Labute approximate surface area is 205 Å². The minimum absolute atomic E-state index is 0.101. The van der Waals surface area contributed by atoms with Crippen molar-refractivity contribution in [3.05, 3.63) is 59.7 Å². The van der Waals surface area contributed by atoms with Gasteiger partial charge in [-0.3, -0.25) is 4.79 Å². The first kappa shape index (κ1) is 24.7. The van der Waals surface area contributed by atoms with E-state index in [0.717, 1.165) is 22.3 Å². The molecule has 1 aliphatic heterocycles. The quantitative estimate of drug-likeness (QED) is 0.598. The van der Waals surface area contributed by atoms with E-state index < -0.39 is 35.0 Å². The fourth-order valence-corrected chi connectivity index (χ4v) is 5.43. The van der Waals surface area contributed by atoms with Gasteiger partial charge in [0.25, 0.3) is 5.91 Å². The summed E-state index contributed by atoms with van der Waals surface area (Å²) in [4.78, 5) is 39.6. The third-order valence-electron chi connectivity index (χ3n) is 7.21. The molecule has 8 heteroatoms. The van der Waals surface area contributed by atoms with Gasteiger partial charge in [-0.25, -0.2) is 9.59 Å². The molecular formula is C27H32N2O6. The molecule has 2 aromatic rings. The van der Waals surface area contributed by atoms with Crippen LogP contribution in [0.4, 0.5) is 4.79 Å². The number of carbonyl (C=O) groups is 3. The molecule has 0 spiro atoms. The van der Waals surface area contributed by atoms with E-state index in [1.54, 1.807) is 20.8 Å². The molecule has 1 heterocycles. The third kappa shape index (κ3) is 4.27. The number of hydrogen-bond acceptors (Lipinski definition) is 5. The van der Waals surface area contributed by atoms with Crippen molar-refractivity contribution in [2.24, 2.45) is 5.41 Å². The van der Waals surface area contributed by atoms with Crippen LogP contribution in [0.15, 0.2) is 48.5 Å². The van der Waals surface area contributed by atoms with Crippen LogP contribution in [0.25, 0.3) is 11.1 Å². The highest BCUT2D eigenvalue weighted by Gasteiger charge is 2.56. The Morgan fingerprint density at radius 2 is 1.66 bits per heavy atom. The van der Waals surface area contributed by atoms with E-state index in [1.165, 1.54) is 12.0 Å². The smallest absolute Gasteiger partial charge is 0.408 e. The Morgan fingerprint density at radius 3 is 2.14 bits per heavy atom. The summed E-state index contributed by atoms with van der Waals surface area (Å²) in [7, 11) is 1.44. The highest BCUT2D eigenvalue weighted by Crippen LogP contribution is 2.44. The van der Waals surface area contributed by atoms with Crippen molar-refractivity contribution in [1.29, 1.82) is 0 Å². The summed E-state index contributed by atoms with van der Waals surface area (Å²) in [5.74, 6) is -1.67. The normalized spacial score (nSPS) is 19.7. The molecule has 2 aromatic carbocycles. The number of alkyl carbamates (subject to hydrolysis) is 1. The molecule has 0 saturated carbocycles. The molecule has 4 rings (SSSR count). The van der Waals surface area contributed by atoms with Gasteiger partial charge >= 0.3 is 12.1 Å². The van der Waals surface area contributed by atoms with E-state index in [0.29, 0.717) is 0 Å². The Bertz CT molecular complexity index is 1100. The Kier molecular flexibility index (Phi) is 6.60. The van der Waals surface area contributed by atoms with Crippen LogP contribution >= 0.6 is 0 Å². The lowest BCUT2D eigenvalue weighted by Crippen LogP contribution is -2.73. The second-order valence-corrected chi connectivity index (χ2v) is 9.98. The molecule has 1 saturated heterocycles. The Morgan fingerprint density at radius 1 is 1.09 bits per heavy atom. The number of carboxylic acid groups (broad SMARTS) is 1. The largest absolute Gasteiger partial charge is 0.480 e. The van der Waals surface area contributed by atoms with Gasteiger partial charge in [0.2, 0.25) is 0 Å². The van der Waals surface area contributed by atoms with E-state index in [9.17, 15) is 19.5 Å². The molecule has 0 radical (unpaired) electrons. The second kappa shape index (κ2) is 9.34. The number of amides is 2. The highest BCUT2D eigenvalue weighted by atomic mass is 16.5. The van der Waals surface area contributed by atoms with Crippen LogP contribution in [0.3, 0.4) is 0 Å². The summed E-state index contributed by atoms with van der Waals surface area (Å²) in [6, 6.07) is 15.1. The SMILES string of the molecule is CCC(COC)(NC(=O)OCC1c2ccccc2-c2ccccc21)C(=O)N1CC(C)(C)C1C(=O)O. The molecule has 0 bridgehead atoms. The van der Waals surface area contributed by atoms with Crippen LogP contribution in [0.2, 0.25) is 0 Å². The molecule has 186 valence electrons. The first-order chi connectivity index (χ1) is 16.6. The van der Waals surface area contributed by atoms with Gasteiger partial charge in [0, 0.05) is 25.0 Å². The van der Waals surface area contributed by atoms with Gasteiger partial charge < -0.3 is 24.8 Å². The number of fused-ring (bicyclic) bond motifs is 3. The zero-order chi connectivity index (χ0) is 25.4. The molecule has 2 N–H and O–H groups in total. The van der Waals surface area contributed by atoms with Crippen molar-refractivity contribution >= 4 is 18.0 Å². The van der Waals surface area contributed by atoms with Crippen LogP contribution in [0.1, 0.15) is 44.2 Å². The average Bonchev–Trinajstić information content (AvgIpc) is 3.14. The molecule has 2 aliphatic rings. The number of nitrogens with one attached hydrogen (secondary N) is 1. The van der Waals surface area contributed by atoms with Crippen LogP contribution < -0.4 is 5.32 Å². The fourth-order valence-electron chi connectivity index (χ4n) is 5.43. The molecule has 8 nitrogen and oxygen atoms in total. The van der Waals surface area contributed by atoms with Crippen molar-refractivity contribution in [2.75, 3.05) is 26.9 Å². The minimum atomic E-state index is -1.43. The predicted molar refractivity (Wildman–Crippen MR) is 130 cm³/mol. The summed E-state index contributed by atoms with van der Waals surface area (Å²) in [6.45, 7) is 5.64. The maximum absolute atomic E-state index is 13.5. The summed E-state index contributed by atoms with van der Waals surface area (Å²) < 4.78 is 10.9. The van der Waals surface area contributed by atoms with Gasteiger partial charge in [0.15, 0.2) is 0 Å². The number of aliphatic carboxylic acids is 1. The van der Waals surface area contributed by atoms with Crippen molar-refractivity contribution in [3.63, 3.8) is 0 Å². The molecular weight excluding hydrogens is 448 g/mol. The van der Waals surface area contributed by atoms with Gasteiger partial charge in [0.1, 0.15) is 18.2 Å². The van der Waals surface area contributed by atoms with Gasteiger partial charge in [-0.05, 0) is 28.7 Å². The molecule has 2 unspecified atom stereocenters. The van der Waals surface area contributed by atoms with E-state index in [1.807, 2.05) is 36.4 Å². The van der Waals surface area contributed by atoms with E-state index in [-0.39, 0.29) is 32.1 Å². The number of carbonyl (C=O) groups excluding carboxylic acids is 2. The molecule has 1 aliphatic carbocycles. The van der Waals surface area contributed by atoms with E-state index in [2.05, 4.69) is 17.4 Å². The number of benzene rings is 2. The number of rotatable bonds is 8. The number of nitrogens with zero attached hydrogens (tertiary/aromatic N) is 1. The Balaban J connectivity index is 1.50. The summed E-state index contributed by atoms with van der Waals surface area (Å²) in [5.41, 5.74) is 2.43. The first-order valence-electron chi connectivity index (χ1n) is 11.8. The molecule has 2 amide bonds. The number of hydrogen-bond donors (Lipinski definition) is 2. The average molecular weight is 481 g/mol. The lowest BCUT2D eigenvalue weighted by Gasteiger charge is -2.54. The summed E-state index contributed by atoms with van der Waals surface area (Å²) in [6.07, 6.45) is -0.529. The lowest BCUT2D eigenvalue weighted by atomic mass is 9.73. The minimum Gasteiger partial charge on any atom is -0.480 e. The van der Waals surface area contributed by atoms with Crippen molar-refractivity contribution < 1.29 is 29.0 Å². The first-order valence-corrected chi connectivity index (χ1v) is 11.8. The maximum atomic E-state index is 13.5. The second-order valence-electron chi connectivity index (χ2n) is 9.98. The zero-order valence-corrected chi connectivity index (χ0v) is 20.5. The molecule has 2 atom stereocenters. The summed E-state index contributed by atoms with van der Waals surface area (Å²) >= 11 is 0. The fraction of sp³-hybridized carbons (Fsp3) is 0.444. The maximum Gasteiger partial charge on any atom is 0.408 e. The molecule has 1 fully saturated rings. The Hall–Kier alpha value is -3.39. The van der Waals surface area contributed by atoms with Crippen molar-refractivity contribution in [1.82, 2.24) is 10.2 Å². The van der Waals surface area contributed by atoms with Gasteiger partial charge in [-0.2, -0.15) is 0 Å². The predicted octanol–water partition coefficient (Wildman–Crippen LogP) is 3.64. The van der Waals surface area contributed by atoms with Crippen molar-refractivity contribution in [2.45, 2.75) is 44.7 Å². The van der Waals surface area contributed by atoms with Crippen LogP contribution in [-0.2, 0) is 19.1 Å². The van der Waals surface area contributed by atoms with Gasteiger partial charge in [0.05, 0.1) is 6.61 Å². The summed E-state index contributed by atoms with van der Waals surface area (Å²) in [5, 5.41) is 12.4. The number of methoxy groups -OCH3 is 1. The highest BCUT2D eigenvalue weighted by molar-refractivity contribution is 5.94. The topological polar surface area (TPSA) is 105 Å². The van der Waals surface area contributed by atoms with Crippen molar-refractivity contribution in [3.8, 4) is 11.1 Å². The van der Waals surface area contributed by atoms with Gasteiger partial charge in [-0.15, -0.1) is 0 Å². The zero-order valence-electron chi connectivity index (χ0n) is 20.5. The van der Waals surface area contributed by atoms with Crippen LogP contribution in [0.5, 0.6) is 0 Å². The monoisotopic (exact) mass is 480 g/mol. The van der Waals surface area contributed by atoms with E-state index >= 15 is 0 Å². The lowest BCUT2D eigenvalue weighted by molar-refractivity contribution is -0.176. The van der Waals surface area contributed by atoms with Crippen LogP contribution in [0, 0.1) is 5.41 Å². The molecule has 0 aromatic heterocycles. The number of ether oxygens (including phenoxy) is 2. The van der Waals surface area contributed by atoms with E-state index in [4.69, 9.17) is 9.47 Å². The third-order valence-corrected chi connectivity index (χ3v) is 7.21. The standard InChI is InChI=1S/C27H32N2O6/c1-5-27(16-34-4,24(32)29-15-26(2,3)22(29)23(30)31)28-25(33)35-14-21-19-12-8-6-10-17(19)18-11-7-9-13-20(18)21/h6-13,21-22H,5,14-16H2,1-4H3,(H,28,33)(H,30,31). The number of carboxylic acids is 1. The molecule has 35 heavy (non-hydrogen) atoms. The number of likely N-dealkylation sites (tertiary alicyclic amines) is 1. The van der Waals surface area contributed by atoms with Gasteiger partial charge in [-0.1, -0.05) is 69.3 Å².